The van der Waals surface area contributed by atoms with Gasteiger partial charge in [0.1, 0.15) is 0 Å². The third-order valence-corrected chi connectivity index (χ3v) is 3.77. The first-order chi connectivity index (χ1) is 8.60. The fourth-order valence-electron chi connectivity index (χ4n) is 2.64. The number of phenols is 1. The molecule has 18 heavy (non-hydrogen) atoms. The minimum absolute atomic E-state index is 0.290. The number of rotatable bonds is 3. The Morgan fingerprint density at radius 1 is 1.50 bits per heavy atom. The van der Waals surface area contributed by atoms with Crippen molar-refractivity contribution in [2.45, 2.75) is 32.4 Å². The van der Waals surface area contributed by atoms with Crippen LogP contribution in [0.4, 0.5) is 4.39 Å². The van der Waals surface area contributed by atoms with E-state index in [-0.39, 0.29) is 5.75 Å². The predicted molar refractivity (Wildman–Crippen MR) is 69.7 cm³/mol. The smallest absolute Gasteiger partial charge is 0.165 e. The number of benzene rings is 1. The van der Waals surface area contributed by atoms with Crippen LogP contribution in [-0.2, 0) is 6.54 Å². The number of halogens is 1. The Labute approximate surface area is 107 Å². The predicted octanol–water partition coefficient (Wildman–Crippen LogP) is 2.09. The van der Waals surface area contributed by atoms with E-state index in [1.165, 1.54) is 12.1 Å². The highest BCUT2D eigenvalue weighted by Crippen LogP contribution is 2.24. The van der Waals surface area contributed by atoms with Gasteiger partial charge in [-0.25, -0.2) is 4.39 Å². The lowest BCUT2D eigenvalue weighted by Crippen LogP contribution is -2.45. The Morgan fingerprint density at radius 2 is 2.28 bits per heavy atom. The van der Waals surface area contributed by atoms with Crippen LogP contribution >= 0.6 is 0 Å². The Kier molecular flexibility index (Phi) is 4.19. The van der Waals surface area contributed by atoms with Crippen molar-refractivity contribution >= 4 is 0 Å². The van der Waals surface area contributed by atoms with Crippen molar-refractivity contribution in [3.8, 4) is 5.75 Å². The van der Waals surface area contributed by atoms with Crippen LogP contribution in [0.15, 0.2) is 18.2 Å². The van der Waals surface area contributed by atoms with Gasteiger partial charge in [-0.05, 0) is 43.0 Å². The summed E-state index contributed by atoms with van der Waals surface area (Å²) in [6, 6.07) is 4.96. The number of phenolic OH excluding ortho intramolecular Hbond substituents is 1. The van der Waals surface area contributed by atoms with Crippen LogP contribution in [0.1, 0.15) is 25.3 Å². The van der Waals surface area contributed by atoms with Crippen molar-refractivity contribution in [3.63, 3.8) is 0 Å². The van der Waals surface area contributed by atoms with Crippen molar-refractivity contribution in [2.24, 2.45) is 11.7 Å². The molecule has 2 unspecified atom stereocenters. The number of piperidine rings is 1. The molecule has 3 nitrogen and oxygen atoms in total. The second kappa shape index (κ2) is 5.67. The van der Waals surface area contributed by atoms with Gasteiger partial charge >= 0.3 is 0 Å². The van der Waals surface area contributed by atoms with E-state index in [1.807, 2.05) is 0 Å². The van der Waals surface area contributed by atoms with Crippen LogP contribution in [0.2, 0.25) is 0 Å². The summed E-state index contributed by atoms with van der Waals surface area (Å²) in [7, 11) is 0. The lowest BCUT2D eigenvalue weighted by molar-refractivity contribution is 0.115. The molecule has 1 aromatic rings. The largest absolute Gasteiger partial charge is 0.505 e. The third-order valence-electron chi connectivity index (χ3n) is 3.77. The first-order valence-corrected chi connectivity index (χ1v) is 6.51. The summed E-state index contributed by atoms with van der Waals surface area (Å²) >= 11 is 0. The van der Waals surface area contributed by atoms with Crippen molar-refractivity contribution in [1.82, 2.24) is 4.90 Å². The molecule has 2 atom stereocenters. The average molecular weight is 252 g/mol. The molecule has 0 radical (unpaired) electrons. The zero-order chi connectivity index (χ0) is 13.1. The highest BCUT2D eigenvalue weighted by atomic mass is 19.1. The molecule has 3 N–H and O–H groups in total. The SMILES string of the molecule is CC1CCN(Cc2ccc(O)c(F)c2)C(CN)C1. The van der Waals surface area contributed by atoms with E-state index in [9.17, 15) is 9.50 Å². The van der Waals surface area contributed by atoms with Gasteiger partial charge in [0.15, 0.2) is 11.6 Å². The highest BCUT2D eigenvalue weighted by Gasteiger charge is 2.25. The first kappa shape index (κ1) is 13.3. The van der Waals surface area contributed by atoms with E-state index < -0.39 is 5.82 Å². The molecule has 1 aromatic carbocycles. The molecular formula is C14H21FN2O. The van der Waals surface area contributed by atoms with Crippen LogP contribution < -0.4 is 5.73 Å². The van der Waals surface area contributed by atoms with Crippen molar-refractivity contribution < 1.29 is 9.50 Å². The van der Waals surface area contributed by atoms with Gasteiger partial charge in [-0.1, -0.05) is 13.0 Å². The standard InChI is InChI=1S/C14H21FN2O/c1-10-4-5-17(12(6-10)8-16)9-11-2-3-14(18)13(15)7-11/h2-3,7,10,12,18H,4-6,8-9,16H2,1H3. The Morgan fingerprint density at radius 3 is 2.94 bits per heavy atom. The maximum absolute atomic E-state index is 13.3. The van der Waals surface area contributed by atoms with Gasteiger partial charge in [0, 0.05) is 19.1 Å². The number of hydrogen-bond donors (Lipinski definition) is 2. The van der Waals surface area contributed by atoms with Gasteiger partial charge < -0.3 is 10.8 Å². The number of aromatic hydroxyl groups is 1. The maximum atomic E-state index is 13.3. The van der Waals surface area contributed by atoms with E-state index in [1.54, 1.807) is 6.07 Å². The molecule has 1 heterocycles. The van der Waals surface area contributed by atoms with Gasteiger partial charge in [0.25, 0.3) is 0 Å². The van der Waals surface area contributed by atoms with Gasteiger partial charge in [-0.15, -0.1) is 0 Å². The Hall–Kier alpha value is -1.13. The number of nitrogens with zero attached hydrogens (tertiary/aromatic N) is 1. The lowest BCUT2D eigenvalue weighted by atomic mass is 9.92. The second-order valence-electron chi connectivity index (χ2n) is 5.28. The van der Waals surface area contributed by atoms with Crippen LogP contribution in [0.25, 0.3) is 0 Å². The number of likely N-dealkylation sites (tertiary alicyclic amines) is 1. The summed E-state index contributed by atoms with van der Waals surface area (Å²) in [5.74, 6) is -0.130. The van der Waals surface area contributed by atoms with Crippen LogP contribution in [0.3, 0.4) is 0 Å². The van der Waals surface area contributed by atoms with E-state index in [0.29, 0.717) is 25.0 Å². The molecule has 1 fully saturated rings. The molecule has 1 saturated heterocycles. The summed E-state index contributed by atoms with van der Waals surface area (Å²) in [6.07, 6.45) is 2.27. The zero-order valence-corrected chi connectivity index (χ0v) is 10.8. The fourth-order valence-corrected chi connectivity index (χ4v) is 2.64. The first-order valence-electron chi connectivity index (χ1n) is 6.51. The van der Waals surface area contributed by atoms with Gasteiger partial charge in [0.2, 0.25) is 0 Å². The topological polar surface area (TPSA) is 49.5 Å². The quantitative estimate of drug-likeness (QED) is 0.866. The van der Waals surface area contributed by atoms with Crippen LogP contribution in [0, 0.1) is 11.7 Å². The average Bonchev–Trinajstić information content (AvgIpc) is 2.36. The molecule has 4 heteroatoms. The maximum Gasteiger partial charge on any atom is 0.165 e. The normalized spacial score (nSPS) is 25.3. The molecule has 0 saturated carbocycles. The van der Waals surface area contributed by atoms with Crippen molar-refractivity contribution in [3.05, 3.63) is 29.6 Å². The van der Waals surface area contributed by atoms with E-state index in [4.69, 9.17) is 5.73 Å². The van der Waals surface area contributed by atoms with Crippen LogP contribution in [0.5, 0.6) is 5.75 Å². The highest BCUT2D eigenvalue weighted by molar-refractivity contribution is 5.28. The minimum Gasteiger partial charge on any atom is -0.505 e. The second-order valence-corrected chi connectivity index (χ2v) is 5.28. The van der Waals surface area contributed by atoms with Gasteiger partial charge in [-0.3, -0.25) is 4.90 Å². The molecule has 2 rings (SSSR count). The summed E-state index contributed by atoms with van der Waals surface area (Å²) in [4.78, 5) is 2.31. The zero-order valence-electron chi connectivity index (χ0n) is 10.8. The molecule has 1 aliphatic rings. The molecular weight excluding hydrogens is 231 g/mol. The Balaban J connectivity index is 2.05. The lowest BCUT2D eigenvalue weighted by Gasteiger charge is -2.38. The third kappa shape index (κ3) is 3.00. The summed E-state index contributed by atoms with van der Waals surface area (Å²) in [6.45, 7) is 4.60. The molecule has 1 aliphatic heterocycles. The van der Waals surface area contributed by atoms with Crippen molar-refractivity contribution in [2.75, 3.05) is 13.1 Å². The molecule has 0 amide bonds. The monoisotopic (exact) mass is 252 g/mol. The van der Waals surface area contributed by atoms with E-state index >= 15 is 0 Å². The molecule has 100 valence electrons. The minimum atomic E-state index is -0.554. The number of nitrogens with two attached hydrogens (primary N) is 1. The number of hydrogen-bond acceptors (Lipinski definition) is 3. The van der Waals surface area contributed by atoms with Gasteiger partial charge in [0.05, 0.1) is 0 Å². The molecule has 0 aliphatic carbocycles. The van der Waals surface area contributed by atoms with Crippen LogP contribution in [-0.4, -0.2) is 29.1 Å². The molecule has 0 aromatic heterocycles. The van der Waals surface area contributed by atoms with Crippen molar-refractivity contribution in [1.29, 1.82) is 0 Å². The molecule has 0 spiro atoms. The molecule has 0 bridgehead atoms. The summed E-state index contributed by atoms with van der Waals surface area (Å²) in [5.41, 5.74) is 6.70. The van der Waals surface area contributed by atoms with Gasteiger partial charge in [-0.2, -0.15) is 0 Å². The van der Waals surface area contributed by atoms with E-state index in [0.717, 1.165) is 24.9 Å². The van der Waals surface area contributed by atoms with E-state index in [2.05, 4.69) is 11.8 Å². The summed E-state index contributed by atoms with van der Waals surface area (Å²) in [5, 5.41) is 9.17. The Bertz CT molecular complexity index is 411. The fraction of sp³-hybridized carbons (Fsp3) is 0.571. The summed E-state index contributed by atoms with van der Waals surface area (Å²) < 4.78 is 13.3.